The van der Waals surface area contributed by atoms with Crippen molar-refractivity contribution in [3.8, 4) is 6.07 Å². The number of amides is 1. The van der Waals surface area contributed by atoms with Gasteiger partial charge in [-0.25, -0.2) is 0 Å². The molecule has 1 fully saturated rings. The molecule has 0 aliphatic heterocycles. The fourth-order valence-electron chi connectivity index (χ4n) is 2.73. The number of carbonyl (C=O) groups excluding carboxylic acids is 1. The number of hydrogen-bond acceptors (Lipinski definition) is 3. The van der Waals surface area contributed by atoms with Gasteiger partial charge in [0.25, 0.3) is 0 Å². The predicted octanol–water partition coefficient (Wildman–Crippen LogP) is 1.96. The molecule has 3 unspecified atom stereocenters. The van der Waals surface area contributed by atoms with Crippen molar-refractivity contribution in [3.63, 3.8) is 0 Å². The van der Waals surface area contributed by atoms with E-state index in [9.17, 15) is 15.2 Å². The molecule has 0 bridgehead atoms. The second kappa shape index (κ2) is 7.06. The van der Waals surface area contributed by atoms with E-state index in [-0.39, 0.29) is 12.0 Å². The van der Waals surface area contributed by atoms with Crippen LogP contribution in [0.15, 0.2) is 30.3 Å². The Morgan fingerprint density at radius 1 is 1.40 bits per heavy atom. The van der Waals surface area contributed by atoms with E-state index in [2.05, 4.69) is 11.4 Å². The molecule has 1 aliphatic carbocycles. The highest BCUT2D eigenvalue weighted by molar-refractivity contribution is 5.86. The Kier molecular flexibility index (Phi) is 5.14. The van der Waals surface area contributed by atoms with Crippen LogP contribution in [0.1, 0.15) is 37.2 Å². The molecule has 2 N–H and O–H groups in total. The van der Waals surface area contributed by atoms with Gasteiger partial charge in [0.1, 0.15) is 5.92 Å². The minimum atomic E-state index is -0.760. The summed E-state index contributed by atoms with van der Waals surface area (Å²) in [7, 11) is 0. The lowest BCUT2D eigenvalue weighted by molar-refractivity contribution is -0.121. The van der Waals surface area contributed by atoms with Crippen molar-refractivity contribution in [2.24, 2.45) is 5.92 Å². The highest BCUT2D eigenvalue weighted by Crippen LogP contribution is 2.23. The maximum absolute atomic E-state index is 12.1. The minimum Gasteiger partial charge on any atom is -0.393 e. The van der Waals surface area contributed by atoms with Crippen LogP contribution in [0.3, 0.4) is 0 Å². The molecule has 0 radical (unpaired) electrons. The van der Waals surface area contributed by atoms with Gasteiger partial charge in [-0.3, -0.25) is 4.79 Å². The molecule has 1 amide bonds. The average Bonchev–Trinajstić information content (AvgIpc) is 2.47. The Labute approximate surface area is 119 Å². The molecule has 0 saturated heterocycles. The van der Waals surface area contributed by atoms with Crippen molar-refractivity contribution in [1.82, 2.24) is 5.32 Å². The first-order valence-electron chi connectivity index (χ1n) is 7.11. The van der Waals surface area contributed by atoms with Crippen molar-refractivity contribution < 1.29 is 9.90 Å². The molecule has 1 aromatic carbocycles. The summed E-state index contributed by atoms with van der Waals surface area (Å²) in [5.41, 5.74) is 0.719. The van der Waals surface area contributed by atoms with Crippen molar-refractivity contribution in [2.75, 3.05) is 6.54 Å². The fraction of sp³-hybridized carbons (Fsp3) is 0.500. The molecule has 2 rings (SSSR count). The third-order valence-corrected chi connectivity index (χ3v) is 3.84. The number of rotatable bonds is 4. The zero-order chi connectivity index (χ0) is 14.4. The summed E-state index contributed by atoms with van der Waals surface area (Å²) >= 11 is 0. The first kappa shape index (κ1) is 14.5. The lowest BCUT2D eigenvalue weighted by Crippen LogP contribution is -2.35. The van der Waals surface area contributed by atoms with E-state index in [1.54, 1.807) is 12.1 Å². The van der Waals surface area contributed by atoms with Crippen molar-refractivity contribution in [2.45, 2.75) is 37.7 Å². The van der Waals surface area contributed by atoms with E-state index >= 15 is 0 Å². The van der Waals surface area contributed by atoms with E-state index in [4.69, 9.17) is 0 Å². The van der Waals surface area contributed by atoms with Gasteiger partial charge in [0.15, 0.2) is 0 Å². The Balaban J connectivity index is 1.89. The molecule has 1 aliphatic rings. The molecule has 0 aromatic heterocycles. The van der Waals surface area contributed by atoms with E-state index in [1.807, 2.05) is 18.2 Å². The minimum absolute atomic E-state index is 0.244. The lowest BCUT2D eigenvalue weighted by atomic mass is 9.87. The summed E-state index contributed by atoms with van der Waals surface area (Å²) in [5, 5.41) is 21.6. The Morgan fingerprint density at radius 3 is 2.80 bits per heavy atom. The molecule has 4 nitrogen and oxygen atoms in total. The summed E-state index contributed by atoms with van der Waals surface area (Å²) in [6.07, 6.45) is 3.38. The number of nitrogens with zero attached hydrogens (tertiary/aromatic N) is 1. The van der Waals surface area contributed by atoms with E-state index < -0.39 is 5.92 Å². The Morgan fingerprint density at radius 2 is 2.15 bits per heavy atom. The van der Waals surface area contributed by atoms with Crippen molar-refractivity contribution >= 4 is 5.91 Å². The highest BCUT2D eigenvalue weighted by atomic mass is 16.3. The van der Waals surface area contributed by atoms with Crippen LogP contribution in [0, 0.1) is 17.2 Å². The second-order valence-corrected chi connectivity index (χ2v) is 5.40. The normalized spacial score (nSPS) is 23.6. The van der Waals surface area contributed by atoms with Crippen molar-refractivity contribution in [1.29, 1.82) is 5.26 Å². The molecular weight excluding hydrogens is 252 g/mol. The number of nitrogens with one attached hydrogen (secondary N) is 1. The van der Waals surface area contributed by atoms with Crippen LogP contribution in [0.2, 0.25) is 0 Å². The summed E-state index contributed by atoms with van der Waals surface area (Å²) in [5.74, 6) is -0.693. The first-order chi connectivity index (χ1) is 9.70. The van der Waals surface area contributed by atoms with Gasteiger partial charge in [0.2, 0.25) is 5.91 Å². The van der Waals surface area contributed by atoms with Crippen LogP contribution in [0.5, 0.6) is 0 Å². The van der Waals surface area contributed by atoms with Gasteiger partial charge < -0.3 is 10.4 Å². The number of nitriles is 1. The number of benzene rings is 1. The Hall–Kier alpha value is -1.86. The molecule has 1 saturated carbocycles. The summed E-state index contributed by atoms with van der Waals surface area (Å²) in [6, 6.07) is 11.1. The maximum atomic E-state index is 12.1. The zero-order valence-electron chi connectivity index (χ0n) is 11.5. The molecular formula is C16H20N2O2. The number of aliphatic hydroxyl groups excluding tert-OH is 1. The van der Waals surface area contributed by atoms with Crippen LogP contribution in [-0.4, -0.2) is 23.7 Å². The van der Waals surface area contributed by atoms with Crippen LogP contribution < -0.4 is 5.32 Å². The Bertz CT molecular complexity index is 481. The van der Waals surface area contributed by atoms with Crippen molar-refractivity contribution in [3.05, 3.63) is 35.9 Å². The number of aliphatic hydroxyl groups is 1. The van der Waals surface area contributed by atoms with E-state index in [0.717, 1.165) is 31.2 Å². The third-order valence-electron chi connectivity index (χ3n) is 3.84. The molecule has 106 valence electrons. The van der Waals surface area contributed by atoms with E-state index in [1.165, 1.54) is 0 Å². The van der Waals surface area contributed by atoms with Gasteiger partial charge in [-0.05, 0) is 30.7 Å². The first-order valence-corrected chi connectivity index (χ1v) is 7.11. The molecule has 0 spiro atoms. The quantitative estimate of drug-likeness (QED) is 0.880. The van der Waals surface area contributed by atoms with Gasteiger partial charge in [0, 0.05) is 6.54 Å². The van der Waals surface area contributed by atoms with Gasteiger partial charge in [0.05, 0.1) is 12.2 Å². The van der Waals surface area contributed by atoms with Crippen LogP contribution >= 0.6 is 0 Å². The van der Waals surface area contributed by atoms with E-state index in [0.29, 0.717) is 12.5 Å². The monoisotopic (exact) mass is 272 g/mol. The standard InChI is InChI=1S/C16H20N2O2/c17-10-15(13-6-2-1-3-7-13)16(20)18-11-12-5-4-8-14(19)9-12/h1-3,6-7,12,14-15,19H,4-5,8-9,11H2,(H,18,20). The van der Waals surface area contributed by atoms with Crippen LogP contribution in [0.25, 0.3) is 0 Å². The van der Waals surface area contributed by atoms with Gasteiger partial charge in [-0.2, -0.15) is 5.26 Å². The molecule has 3 atom stereocenters. The van der Waals surface area contributed by atoms with Gasteiger partial charge in [-0.15, -0.1) is 0 Å². The molecule has 1 aromatic rings. The smallest absolute Gasteiger partial charge is 0.241 e. The number of hydrogen-bond donors (Lipinski definition) is 2. The maximum Gasteiger partial charge on any atom is 0.241 e. The predicted molar refractivity (Wildman–Crippen MR) is 75.8 cm³/mol. The van der Waals surface area contributed by atoms with Crippen LogP contribution in [-0.2, 0) is 4.79 Å². The molecule has 4 heteroatoms. The molecule has 20 heavy (non-hydrogen) atoms. The topological polar surface area (TPSA) is 73.1 Å². The summed E-state index contributed by atoms with van der Waals surface area (Å²) in [4.78, 5) is 12.1. The number of carbonyl (C=O) groups is 1. The summed E-state index contributed by atoms with van der Waals surface area (Å²) in [6.45, 7) is 0.543. The second-order valence-electron chi connectivity index (χ2n) is 5.40. The average molecular weight is 272 g/mol. The largest absolute Gasteiger partial charge is 0.393 e. The SMILES string of the molecule is N#CC(C(=O)NCC1CCCC(O)C1)c1ccccc1. The lowest BCUT2D eigenvalue weighted by Gasteiger charge is -2.26. The summed E-state index contributed by atoms with van der Waals surface area (Å²) < 4.78 is 0. The highest BCUT2D eigenvalue weighted by Gasteiger charge is 2.23. The zero-order valence-corrected chi connectivity index (χ0v) is 11.5. The fourth-order valence-corrected chi connectivity index (χ4v) is 2.73. The molecule has 0 heterocycles. The van der Waals surface area contributed by atoms with Gasteiger partial charge >= 0.3 is 0 Å². The van der Waals surface area contributed by atoms with Crippen LogP contribution in [0.4, 0.5) is 0 Å². The third kappa shape index (κ3) is 3.82. The van der Waals surface area contributed by atoms with Gasteiger partial charge in [-0.1, -0.05) is 36.8 Å².